The number of anilines is 1. The van der Waals surface area contributed by atoms with Gasteiger partial charge >= 0.3 is 0 Å². The van der Waals surface area contributed by atoms with E-state index < -0.39 is 0 Å². The Labute approximate surface area is 139 Å². The molecular formula is C15H25IN4. The summed E-state index contributed by atoms with van der Waals surface area (Å²) in [5, 5.41) is 6.70. The van der Waals surface area contributed by atoms with Gasteiger partial charge in [-0.15, -0.1) is 24.0 Å². The third-order valence-corrected chi connectivity index (χ3v) is 3.39. The molecule has 0 spiro atoms. The van der Waals surface area contributed by atoms with Crippen molar-refractivity contribution in [1.29, 1.82) is 0 Å². The van der Waals surface area contributed by atoms with Crippen molar-refractivity contribution in [1.82, 2.24) is 10.6 Å². The second kappa shape index (κ2) is 8.34. The molecular weight excluding hydrogens is 363 g/mol. The standard InChI is InChI=1S/C15H24N4.HI/c1-16-15(17-10-12-4-5-12)18-11-13-6-8-14(9-7-13)19(2)3;/h6-9,12H,4-5,10-11H2,1-3H3,(H2,16,17,18);1H. The predicted octanol–water partition coefficient (Wildman–Crippen LogP) is 2.45. The minimum Gasteiger partial charge on any atom is -0.378 e. The molecule has 0 atom stereocenters. The molecule has 2 rings (SSSR count). The highest BCUT2D eigenvalue weighted by molar-refractivity contribution is 14.0. The Balaban J connectivity index is 0.00000200. The largest absolute Gasteiger partial charge is 0.378 e. The van der Waals surface area contributed by atoms with Gasteiger partial charge in [-0.2, -0.15) is 0 Å². The third kappa shape index (κ3) is 5.56. The van der Waals surface area contributed by atoms with Crippen LogP contribution in [0, 0.1) is 5.92 Å². The van der Waals surface area contributed by atoms with Crippen molar-refractivity contribution < 1.29 is 0 Å². The Morgan fingerprint density at radius 2 is 1.85 bits per heavy atom. The minimum absolute atomic E-state index is 0. The van der Waals surface area contributed by atoms with Crippen molar-refractivity contribution in [3.8, 4) is 0 Å². The van der Waals surface area contributed by atoms with Gasteiger partial charge in [-0.3, -0.25) is 4.99 Å². The van der Waals surface area contributed by atoms with E-state index in [2.05, 4.69) is 58.9 Å². The van der Waals surface area contributed by atoms with Gasteiger partial charge < -0.3 is 15.5 Å². The SMILES string of the molecule is CN=C(NCc1ccc(N(C)C)cc1)NCC1CC1.I. The molecule has 112 valence electrons. The highest BCUT2D eigenvalue weighted by atomic mass is 127. The molecule has 0 heterocycles. The Morgan fingerprint density at radius 3 is 2.35 bits per heavy atom. The van der Waals surface area contributed by atoms with E-state index >= 15 is 0 Å². The maximum absolute atomic E-state index is 4.23. The zero-order valence-corrected chi connectivity index (χ0v) is 14.8. The Hall–Kier alpha value is -0.980. The zero-order valence-electron chi connectivity index (χ0n) is 12.5. The van der Waals surface area contributed by atoms with Crippen LogP contribution in [0.1, 0.15) is 18.4 Å². The quantitative estimate of drug-likeness (QED) is 0.463. The lowest BCUT2D eigenvalue weighted by atomic mass is 10.2. The Morgan fingerprint density at radius 1 is 1.20 bits per heavy atom. The van der Waals surface area contributed by atoms with Crippen molar-refractivity contribution in [3.05, 3.63) is 29.8 Å². The summed E-state index contributed by atoms with van der Waals surface area (Å²) in [5.74, 6) is 1.75. The number of benzene rings is 1. The van der Waals surface area contributed by atoms with E-state index in [-0.39, 0.29) is 24.0 Å². The normalized spacial score (nSPS) is 14.4. The first-order chi connectivity index (χ1) is 9.19. The highest BCUT2D eigenvalue weighted by Crippen LogP contribution is 2.27. The highest BCUT2D eigenvalue weighted by Gasteiger charge is 2.20. The number of hydrogen-bond acceptors (Lipinski definition) is 2. The second-order valence-corrected chi connectivity index (χ2v) is 5.31. The molecule has 1 saturated carbocycles. The maximum atomic E-state index is 4.23. The monoisotopic (exact) mass is 388 g/mol. The van der Waals surface area contributed by atoms with Crippen molar-refractivity contribution in [2.75, 3.05) is 32.6 Å². The van der Waals surface area contributed by atoms with Gasteiger partial charge in [-0.1, -0.05) is 12.1 Å². The number of nitrogens with one attached hydrogen (secondary N) is 2. The molecule has 0 unspecified atom stereocenters. The van der Waals surface area contributed by atoms with Crippen LogP contribution in [0.4, 0.5) is 5.69 Å². The Kier molecular flexibility index (Phi) is 7.12. The van der Waals surface area contributed by atoms with Gasteiger partial charge in [0.15, 0.2) is 5.96 Å². The Bertz CT molecular complexity index is 424. The molecule has 0 bridgehead atoms. The molecule has 5 heteroatoms. The van der Waals surface area contributed by atoms with Crippen LogP contribution in [0.25, 0.3) is 0 Å². The topological polar surface area (TPSA) is 39.7 Å². The van der Waals surface area contributed by atoms with Crippen LogP contribution in [0.3, 0.4) is 0 Å². The molecule has 1 aliphatic carbocycles. The lowest BCUT2D eigenvalue weighted by molar-refractivity contribution is 0.737. The summed E-state index contributed by atoms with van der Waals surface area (Å²) in [6, 6.07) is 8.57. The third-order valence-electron chi connectivity index (χ3n) is 3.39. The van der Waals surface area contributed by atoms with Gasteiger partial charge in [-0.25, -0.2) is 0 Å². The molecule has 1 aromatic rings. The molecule has 1 fully saturated rings. The fourth-order valence-corrected chi connectivity index (χ4v) is 1.88. The van der Waals surface area contributed by atoms with Gasteiger partial charge in [0.05, 0.1) is 0 Å². The van der Waals surface area contributed by atoms with E-state index in [0.717, 1.165) is 25.0 Å². The fourth-order valence-electron chi connectivity index (χ4n) is 1.88. The van der Waals surface area contributed by atoms with Crippen molar-refractivity contribution >= 4 is 35.6 Å². The molecule has 4 nitrogen and oxygen atoms in total. The number of halogens is 1. The molecule has 1 aromatic carbocycles. The summed E-state index contributed by atoms with van der Waals surface area (Å²) in [4.78, 5) is 6.34. The first-order valence-electron chi connectivity index (χ1n) is 6.90. The van der Waals surface area contributed by atoms with Crippen LogP contribution >= 0.6 is 24.0 Å². The van der Waals surface area contributed by atoms with E-state index in [1.807, 2.05) is 7.05 Å². The van der Waals surface area contributed by atoms with E-state index in [1.165, 1.54) is 24.1 Å². The average Bonchev–Trinajstić information content (AvgIpc) is 3.23. The molecule has 2 N–H and O–H groups in total. The predicted molar refractivity (Wildman–Crippen MR) is 97.1 cm³/mol. The van der Waals surface area contributed by atoms with Crippen molar-refractivity contribution in [2.45, 2.75) is 19.4 Å². The lowest BCUT2D eigenvalue weighted by Gasteiger charge is -2.14. The molecule has 0 radical (unpaired) electrons. The van der Waals surface area contributed by atoms with Gasteiger partial charge in [0, 0.05) is 39.9 Å². The van der Waals surface area contributed by atoms with E-state index in [1.54, 1.807) is 0 Å². The summed E-state index contributed by atoms with van der Waals surface area (Å²) < 4.78 is 0. The first kappa shape index (κ1) is 17.1. The van der Waals surface area contributed by atoms with Crippen LogP contribution in [-0.2, 0) is 6.54 Å². The zero-order chi connectivity index (χ0) is 13.7. The van der Waals surface area contributed by atoms with Gasteiger partial charge in [0.25, 0.3) is 0 Å². The van der Waals surface area contributed by atoms with Crippen molar-refractivity contribution in [2.24, 2.45) is 10.9 Å². The number of nitrogens with zero attached hydrogens (tertiary/aromatic N) is 2. The molecule has 0 aliphatic heterocycles. The van der Waals surface area contributed by atoms with Crippen molar-refractivity contribution in [3.63, 3.8) is 0 Å². The molecule has 0 saturated heterocycles. The summed E-state index contributed by atoms with van der Waals surface area (Å²) in [7, 11) is 5.92. The van der Waals surface area contributed by atoms with Gasteiger partial charge in [0.2, 0.25) is 0 Å². The van der Waals surface area contributed by atoms with E-state index in [0.29, 0.717) is 0 Å². The number of guanidine groups is 1. The first-order valence-corrected chi connectivity index (χ1v) is 6.90. The second-order valence-electron chi connectivity index (χ2n) is 5.31. The molecule has 1 aliphatic rings. The van der Waals surface area contributed by atoms with Gasteiger partial charge in [-0.05, 0) is 36.5 Å². The molecule has 20 heavy (non-hydrogen) atoms. The van der Waals surface area contributed by atoms with Gasteiger partial charge in [0.1, 0.15) is 0 Å². The lowest BCUT2D eigenvalue weighted by Crippen LogP contribution is -2.37. The van der Waals surface area contributed by atoms with Crippen LogP contribution in [0.15, 0.2) is 29.3 Å². The molecule has 0 amide bonds. The van der Waals surface area contributed by atoms with E-state index in [9.17, 15) is 0 Å². The number of hydrogen-bond donors (Lipinski definition) is 2. The summed E-state index contributed by atoms with van der Waals surface area (Å²) in [6.07, 6.45) is 2.71. The number of rotatable bonds is 5. The van der Waals surface area contributed by atoms with E-state index in [4.69, 9.17) is 0 Å². The van der Waals surface area contributed by atoms with Crippen LogP contribution in [0.5, 0.6) is 0 Å². The maximum Gasteiger partial charge on any atom is 0.191 e. The van der Waals surface area contributed by atoms with Crippen LogP contribution in [0.2, 0.25) is 0 Å². The number of aliphatic imine (C=N–C) groups is 1. The minimum atomic E-state index is 0. The summed E-state index contributed by atoms with van der Waals surface area (Å²) in [6.45, 7) is 1.84. The summed E-state index contributed by atoms with van der Waals surface area (Å²) in [5.41, 5.74) is 2.49. The van der Waals surface area contributed by atoms with Crippen LogP contribution < -0.4 is 15.5 Å². The smallest absolute Gasteiger partial charge is 0.191 e. The molecule has 0 aromatic heterocycles. The fraction of sp³-hybridized carbons (Fsp3) is 0.533. The average molecular weight is 388 g/mol. The van der Waals surface area contributed by atoms with Crippen LogP contribution in [-0.4, -0.2) is 33.6 Å². The summed E-state index contributed by atoms with van der Waals surface area (Å²) >= 11 is 0.